The van der Waals surface area contributed by atoms with Crippen molar-refractivity contribution in [3.05, 3.63) is 44.5 Å². The van der Waals surface area contributed by atoms with Gasteiger partial charge in [-0.05, 0) is 6.92 Å². The zero-order valence-electron chi connectivity index (χ0n) is 10.2. The zero-order valence-corrected chi connectivity index (χ0v) is 11.1. The summed E-state index contributed by atoms with van der Waals surface area (Å²) in [5, 5.41) is 9.11. The van der Waals surface area contributed by atoms with E-state index in [-0.39, 0.29) is 13.2 Å². The molecule has 0 spiro atoms. The molecule has 4 N–H and O–H groups in total. The molecular weight excluding hydrogens is 275 g/mol. The first kappa shape index (κ1) is 15.6. The lowest BCUT2D eigenvalue weighted by molar-refractivity contribution is 0.237. The van der Waals surface area contributed by atoms with Crippen LogP contribution < -0.4 is 11.2 Å². The van der Waals surface area contributed by atoms with Crippen LogP contribution in [-0.2, 0) is 11.1 Å². The van der Waals surface area contributed by atoms with Crippen LogP contribution in [0.15, 0.2) is 27.7 Å². The monoisotopic (exact) mass is 290 g/mol. The van der Waals surface area contributed by atoms with Gasteiger partial charge in [0.1, 0.15) is 0 Å². The Bertz CT molecular complexity index is 626. The molecule has 1 atom stereocenters. The molecule has 1 aromatic heterocycles. The van der Waals surface area contributed by atoms with Gasteiger partial charge < -0.3 is 14.9 Å². The van der Waals surface area contributed by atoms with Gasteiger partial charge in [-0.3, -0.25) is 18.9 Å². The number of aliphatic hydroxyl groups is 1. The molecule has 1 rings (SSSR count). The largest absolute Gasteiger partial charge is 0.396 e. The maximum absolute atomic E-state index is 11.5. The molecule has 1 unspecified atom stereocenters. The van der Waals surface area contributed by atoms with E-state index in [2.05, 4.69) is 4.98 Å². The van der Waals surface area contributed by atoms with Gasteiger partial charge in [-0.1, -0.05) is 6.08 Å². The van der Waals surface area contributed by atoms with Crippen molar-refractivity contribution in [2.24, 2.45) is 5.92 Å². The van der Waals surface area contributed by atoms with Gasteiger partial charge in [0, 0.05) is 30.0 Å². The van der Waals surface area contributed by atoms with Crippen LogP contribution in [0.2, 0.25) is 0 Å². The Morgan fingerprint density at radius 3 is 2.63 bits per heavy atom. The number of hydrogen-bond acceptors (Lipinski definition) is 4. The van der Waals surface area contributed by atoms with E-state index >= 15 is 0 Å². The van der Waals surface area contributed by atoms with E-state index in [1.165, 1.54) is 17.7 Å². The number of aromatic nitrogens is 2. The molecule has 0 amide bonds. The summed E-state index contributed by atoms with van der Waals surface area (Å²) in [6.07, 6.45) is 2.48. The highest BCUT2D eigenvalue weighted by atomic mass is 31.2. The minimum absolute atomic E-state index is 0.00343. The molecule has 1 aromatic rings. The van der Waals surface area contributed by atoms with Crippen molar-refractivity contribution in [2.45, 2.75) is 13.5 Å². The number of aryl methyl sites for hydroxylation is 1. The third-order valence-corrected chi connectivity index (χ3v) is 2.97. The van der Waals surface area contributed by atoms with Crippen molar-refractivity contribution in [3.63, 3.8) is 0 Å². The Hall–Kier alpha value is -1.47. The van der Waals surface area contributed by atoms with Crippen molar-refractivity contribution in [2.75, 3.05) is 6.61 Å². The standard InChI is InChI=1S/C10H15N2O6P/c1-7-4-12(10(15)11-9(7)14)5-8(6-13)2-3-19(16,17)18/h2-4,8,13H,5-6H2,1H3,(H,11,14,15)(H2,16,17,18). The summed E-state index contributed by atoms with van der Waals surface area (Å²) in [5.74, 6) is 0.0351. The lowest BCUT2D eigenvalue weighted by Crippen LogP contribution is -2.32. The van der Waals surface area contributed by atoms with Gasteiger partial charge in [0.15, 0.2) is 0 Å². The van der Waals surface area contributed by atoms with E-state index in [4.69, 9.17) is 14.9 Å². The molecule has 0 saturated heterocycles. The van der Waals surface area contributed by atoms with Gasteiger partial charge in [-0.15, -0.1) is 0 Å². The number of aliphatic hydroxyl groups excluding tert-OH is 1. The average molecular weight is 290 g/mol. The number of nitrogens with one attached hydrogen (secondary N) is 1. The predicted octanol–water partition coefficient (Wildman–Crippen LogP) is -0.855. The third-order valence-electron chi connectivity index (χ3n) is 2.41. The van der Waals surface area contributed by atoms with Gasteiger partial charge >= 0.3 is 13.3 Å². The fourth-order valence-corrected chi connectivity index (χ4v) is 1.89. The summed E-state index contributed by atoms with van der Waals surface area (Å²) >= 11 is 0. The van der Waals surface area contributed by atoms with E-state index in [0.29, 0.717) is 11.4 Å². The molecule has 0 aromatic carbocycles. The van der Waals surface area contributed by atoms with Crippen LogP contribution in [0.1, 0.15) is 5.56 Å². The fraction of sp³-hybridized carbons (Fsp3) is 0.400. The molecule has 8 nitrogen and oxygen atoms in total. The Kier molecular flexibility index (Phi) is 5.02. The van der Waals surface area contributed by atoms with E-state index in [9.17, 15) is 14.2 Å². The minimum Gasteiger partial charge on any atom is -0.396 e. The van der Waals surface area contributed by atoms with Crippen LogP contribution in [0.4, 0.5) is 0 Å². The third kappa shape index (κ3) is 4.96. The van der Waals surface area contributed by atoms with E-state index in [1.54, 1.807) is 0 Å². The first-order valence-electron chi connectivity index (χ1n) is 5.39. The highest BCUT2D eigenvalue weighted by Gasteiger charge is 2.11. The van der Waals surface area contributed by atoms with Crippen molar-refractivity contribution in [1.29, 1.82) is 0 Å². The second-order valence-electron chi connectivity index (χ2n) is 4.10. The smallest absolute Gasteiger partial charge is 0.348 e. The van der Waals surface area contributed by atoms with Crippen LogP contribution in [0.3, 0.4) is 0 Å². The normalized spacial score (nSPS) is 13.9. The molecule has 0 bridgehead atoms. The quantitative estimate of drug-likeness (QED) is 0.522. The molecule has 0 aliphatic heterocycles. The number of rotatable bonds is 5. The summed E-state index contributed by atoms with van der Waals surface area (Å²) < 4.78 is 11.8. The molecule has 9 heteroatoms. The molecule has 1 heterocycles. The van der Waals surface area contributed by atoms with E-state index in [1.807, 2.05) is 0 Å². The highest BCUT2D eigenvalue weighted by Crippen LogP contribution is 2.36. The minimum atomic E-state index is -4.30. The summed E-state index contributed by atoms with van der Waals surface area (Å²) in [6.45, 7) is 1.14. The SMILES string of the molecule is Cc1cn(CC(C=CP(=O)(O)O)CO)c(=O)[nH]c1=O. The van der Waals surface area contributed by atoms with Gasteiger partial charge in [0.05, 0.1) is 6.61 Å². The van der Waals surface area contributed by atoms with Crippen LogP contribution in [0, 0.1) is 12.8 Å². The average Bonchev–Trinajstić information content (AvgIpc) is 2.29. The summed E-state index contributed by atoms with van der Waals surface area (Å²) in [5.41, 5.74) is -0.804. The fourth-order valence-electron chi connectivity index (χ4n) is 1.42. The van der Waals surface area contributed by atoms with Crippen molar-refractivity contribution in [3.8, 4) is 0 Å². The van der Waals surface area contributed by atoms with E-state index < -0.39 is 24.8 Å². The van der Waals surface area contributed by atoms with E-state index in [0.717, 1.165) is 6.08 Å². The highest BCUT2D eigenvalue weighted by molar-refractivity contribution is 7.55. The second-order valence-corrected chi connectivity index (χ2v) is 5.57. The molecule has 19 heavy (non-hydrogen) atoms. The Labute approximate surface area is 108 Å². The molecule has 106 valence electrons. The first-order valence-corrected chi connectivity index (χ1v) is 7.07. The maximum atomic E-state index is 11.5. The van der Waals surface area contributed by atoms with Gasteiger partial charge in [-0.2, -0.15) is 0 Å². The maximum Gasteiger partial charge on any atom is 0.348 e. The lowest BCUT2D eigenvalue weighted by atomic mass is 10.1. The number of nitrogens with zero attached hydrogens (tertiary/aromatic N) is 1. The number of H-pyrrole nitrogens is 1. The Balaban J connectivity index is 2.97. The van der Waals surface area contributed by atoms with Crippen molar-refractivity contribution >= 4 is 7.60 Å². The first-order chi connectivity index (χ1) is 8.73. The van der Waals surface area contributed by atoms with Crippen LogP contribution in [0.5, 0.6) is 0 Å². The van der Waals surface area contributed by atoms with Crippen LogP contribution in [0.25, 0.3) is 0 Å². The lowest BCUT2D eigenvalue weighted by Gasteiger charge is -2.12. The van der Waals surface area contributed by atoms with Crippen LogP contribution >= 0.6 is 7.60 Å². The molecule has 0 aliphatic carbocycles. The second kappa shape index (κ2) is 6.12. The Morgan fingerprint density at radius 2 is 2.11 bits per heavy atom. The Morgan fingerprint density at radius 1 is 1.47 bits per heavy atom. The summed E-state index contributed by atoms with van der Waals surface area (Å²) in [6, 6.07) is 0. The topological polar surface area (TPSA) is 133 Å². The summed E-state index contributed by atoms with van der Waals surface area (Å²) in [7, 11) is -4.30. The molecule has 0 aliphatic rings. The van der Waals surface area contributed by atoms with Gasteiger partial charge in [0.2, 0.25) is 0 Å². The van der Waals surface area contributed by atoms with Crippen LogP contribution in [-0.4, -0.2) is 31.1 Å². The molecule has 0 saturated carbocycles. The van der Waals surface area contributed by atoms with Gasteiger partial charge in [-0.25, -0.2) is 4.79 Å². The van der Waals surface area contributed by atoms with Crippen molar-refractivity contribution in [1.82, 2.24) is 9.55 Å². The zero-order chi connectivity index (χ0) is 14.6. The molecular formula is C10H15N2O6P. The summed E-state index contributed by atoms with van der Waals surface area (Å²) in [4.78, 5) is 42.1. The van der Waals surface area contributed by atoms with Crippen molar-refractivity contribution < 1.29 is 19.5 Å². The number of aromatic amines is 1. The predicted molar refractivity (Wildman–Crippen MR) is 67.8 cm³/mol. The number of hydrogen-bond donors (Lipinski definition) is 4. The molecule has 0 radical (unpaired) electrons. The van der Waals surface area contributed by atoms with Gasteiger partial charge in [0.25, 0.3) is 5.56 Å². The molecule has 0 fully saturated rings.